The molecule has 1 amide bonds. The van der Waals surface area contributed by atoms with Crippen LogP contribution >= 0.6 is 15.9 Å². The third kappa shape index (κ3) is 4.81. The van der Waals surface area contributed by atoms with Gasteiger partial charge in [-0.1, -0.05) is 5.16 Å². The van der Waals surface area contributed by atoms with Crippen molar-refractivity contribution in [1.29, 1.82) is 0 Å². The minimum absolute atomic E-state index is 0.0797. The molecular weight excluding hydrogens is 499 g/mol. The highest BCUT2D eigenvalue weighted by Crippen LogP contribution is 2.27. The molecule has 30 heavy (non-hydrogen) atoms. The summed E-state index contributed by atoms with van der Waals surface area (Å²) in [6.07, 6.45) is -1.76. The SMILES string of the molecule is O=C(O)NS(=O)(=O)NCCOc1nonc1-c1noc(=O)n1-c1ccc(F)c(Br)c1. The van der Waals surface area contributed by atoms with Gasteiger partial charge < -0.3 is 9.84 Å². The number of halogens is 2. The van der Waals surface area contributed by atoms with Gasteiger partial charge in [-0.3, -0.25) is 4.52 Å². The van der Waals surface area contributed by atoms with Gasteiger partial charge >= 0.3 is 22.1 Å². The van der Waals surface area contributed by atoms with Gasteiger partial charge in [-0.15, -0.1) is 0 Å². The molecule has 0 bridgehead atoms. The van der Waals surface area contributed by atoms with Crippen LogP contribution in [0, 0.1) is 5.82 Å². The van der Waals surface area contributed by atoms with Crippen molar-refractivity contribution in [2.24, 2.45) is 0 Å². The molecule has 3 aromatic rings. The smallest absolute Gasteiger partial charge is 0.446 e. The van der Waals surface area contributed by atoms with Gasteiger partial charge in [0, 0.05) is 6.54 Å². The van der Waals surface area contributed by atoms with E-state index in [-0.39, 0.29) is 40.7 Å². The summed E-state index contributed by atoms with van der Waals surface area (Å²) in [5, 5.41) is 19.1. The lowest BCUT2D eigenvalue weighted by Crippen LogP contribution is -2.41. The minimum Gasteiger partial charge on any atom is -0.472 e. The van der Waals surface area contributed by atoms with Crippen LogP contribution < -0.4 is 19.9 Å². The summed E-state index contributed by atoms with van der Waals surface area (Å²) in [7, 11) is -4.28. The summed E-state index contributed by atoms with van der Waals surface area (Å²) in [4.78, 5) is 22.4. The third-order valence-electron chi connectivity index (χ3n) is 3.29. The molecule has 0 radical (unpaired) electrons. The van der Waals surface area contributed by atoms with Gasteiger partial charge in [0.2, 0.25) is 11.5 Å². The fourth-order valence-corrected chi connectivity index (χ4v) is 3.16. The maximum Gasteiger partial charge on any atom is 0.446 e. The average molecular weight is 509 g/mol. The molecule has 1 aromatic carbocycles. The van der Waals surface area contributed by atoms with E-state index < -0.39 is 27.9 Å². The van der Waals surface area contributed by atoms with Crippen LogP contribution in [-0.4, -0.2) is 52.8 Å². The first-order chi connectivity index (χ1) is 14.2. The van der Waals surface area contributed by atoms with Gasteiger partial charge in [-0.05, 0) is 44.4 Å². The van der Waals surface area contributed by atoms with Gasteiger partial charge in [-0.2, -0.15) is 13.1 Å². The number of aromatic nitrogens is 4. The fraction of sp³-hybridized carbons (Fsp3) is 0.154. The number of amides is 1. The van der Waals surface area contributed by atoms with Gasteiger partial charge in [0.15, 0.2) is 0 Å². The number of hydrogen-bond acceptors (Lipinski definition) is 10. The Bertz CT molecular complexity index is 1240. The lowest BCUT2D eigenvalue weighted by atomic mass is 10.3. The van der Waals surface area contributed by atoms with Crippen LogP contribution in [0.1, 0.15) is 0 Å². The summed E-state index contributed by atoms with van der Waals surface area (Å²) >= 11 is 3.01. The van der Waals surface area contributed by atoms with E-state index in [0.717, 1.165) is 10.6 Å². The molecule has 2 aromatic heterocycles. The molecule has 0 spiro atoms. The molecule has 17 heteroatoms. The van der Waals surface area contributed by atoms with E-state index in [1.165, 1.54) is 16.9 Å². The average Bonchev–Trinajstić information content (AvgIpc) is 3.26. The van der Waals surface area contributed by atoms with Crippen molar-refractivity contribution in [3.8, 4) is 23.1 Å². The van der Waals surface area contributed by atoms with Crippen LogP contribution in [-0.2, 0) is 10.2 Å². The highest BCUT2D eigenvalue weighted by atomic mass is 79.9. The summed E-state index contributed by atoms with van der Waals surface area (Å²) in [5.41, 5.74) is 0.0267. The van der Waals surface area contributed by atoms with E-state index in [0.29, 0.717) is 0 Å². The Hall–Kier alpha value is -3.31. The molecule has 2 heterocycles. The predicted octanol–water partition coefficient (Wildman–Crippen LogP) is 0.258. The molecular formula is C13H10BrFN6O8S. The maximum atomic E-state index is 13.5. The van der Waals surface area contributed by atoms with Gasteiger partial charge in [0.1, 0.15) is 12.4 Å². The Kier molecular flexibility index (Phi) is 6.13. The van der Waals surface area contributed by atoms with Crippen molar-refractivity contribution in [3.63, 3.8) is 0 Å². The minimum atomic E-state index is -4.28. The number of hydrogen-bond donors (Lipinski definition) is 3. The third-order valence-corrected chi connectivity index (χ3v) is 4.93. The zero-order valence-electron chi connectivity index (χ0n) is 14.4. The topological polar surface area (TPSA) is 192 Å². The number of nitrogens with zero attached hydrogens (tertiary/aromatic N) is 4. The molecule has 0 aliphatic rings. The predicted molar refractivity (Wildman–Crippen MR) is 96.6 cm³/mol. The molecule has 0 unspecified atom stereocenters. The largest absolute Gasteiger partial charge is 0.472 e. The standard InChI is InChI=1S/C13H10BrFN6O8S/c14-7-5-6(1-2-8(7)15)21-10(18-28-13(21)24)9-11(19-29-17-9)27-4-3-16-30(25,26)20-12(22)23/h1-2,5,16,20H,3-4H2,(H,22,23). The molecule has 3 rings (SSSR count). The Morgan fingerprint density at radius 1 is 1.33 bits per heavy atom. The van der Waals surface area contributed by atoms with E-state index >= 15 is 0 Å². The summed E-state index contributed by atoms with van der Waals surface area (Å²) < 4.78 is 54.9. The van der Waals surface area contributed by atoms with Gasteiger partial charge in [-0.25, -0.2) is 27.9 Å². The van der Waals surface area contributed by atoms with Crippen molar-refractivity contribution in [3.05, 3.63) is 39.0 Å². The summed E-state index contributed by atoms with van der Waals surface area (Å²) in [6, 6.07) is 3.70. The van der Waals surface area contributed by atoms with E-state index in [4.69, 9.17) is 9.84 Å². The Morgan fingerprint density at radius 3 is 2.80 bits per heavy atom. The lowest BCUT2D eigenvalue weighted by Gasteiger charge is -2.07. The van der Waals surface area contributed by atoms with Crippen molar-refractivity contribution in [1.82, 2.24) is 29.5 Å². The van der Waals surface area contributed by atoms with Crippen molar-refractivity contribution >= 4 is 32.2 Å². The molecule has 14 nitrogen and oxygen atoms in total. The number of nitrogens with one attached hydrogen (secondary N) is 2. The zero-order chi connectivity index (χ0) is 21.9. The maximum absolute atomic E-state index is 13.5. The fourth-order valence-electron chi connectivity index (χ4n) is 2.14. The molecule has 3 N–H and O–H groups in total. The first-order valence-corrected chi connectivity index (χ1v) is 9.96. The molecule has 160 valence electrons. The number of ether oxygens (including phenoxy) is 1. The molecule has 0 saturated heterocycles. The quantitative estimate of drug-likeness (QED) is 0.353. The second-order valence-corrected chi connectivity index (χ2v) is 7.63. The molecule has 0 aliphatic carbocycles. The summed E-state index contributed by atoms with van der Waals surface area (Å²) in [5.74, 6) is -1.91. The number of rotatable bonds is 8. The van der Waals surface area contributed by atoms with Crippen LogP contribution in [0.15, 0.2) is 36.6 Å². The number of carbonyl (C=O) groups is 1. The van der Waals surface area contributed by atoms with Crippen LogP contribution in [0.3, 0.4) is 0 Å². The van der Waals surface area contributed by atoms with E-state index in [9.17, 15) is 22.4 Å². The molecule has 0 fully saturated rings. The van der Waals surface area contributed by atoms with Gasteiger partial charge in [0.05, 0.1) is 10.2 Å². The van der Waals surface area contributed by atoms with Crippen LogP contribution in [0.4, 0.5) is 9.18 Å². The van der Waals surface area contributed by atoms with E-state index in [1.54, 1.807) is 0 Å². The highest BCUT2D eigenvalue weighted by Gasteiger charge is 2.24. The Morgan fingerprint density at radius 2 is 2.10 bits per heavy atom. The molecule has 0 atom stereocenters. The second-order valence-electron chi connectivity index (χ2n) is 5.28. The van der Waals surface area contributed by atoms with Crippen molar-refractivity contribution < 1.29 is 36.6 Å². The zero-order valence-corrected chi connectivity index (χ0v) is 16.8. The highest BCUT2D eigenvalue weighted by molar-refractivity contribution is 9.10. The van der Waals surface area contributed by atoms with Crippen LogP contribution in [0.25, 0.3) is 17.2 Å². The molecule has 0 saturated carbocycles. The number of carboxylic acid groups (broad SMARTS) is 1. The second kappa shape index (κ2) is 8.59. The normalized spacial score (nSPS) is 11.4. The van der Waals surface area contributed by atoms with E-state index in [2.05, 4.69) is 40.6 Å². The summed E-state index contributed by atoms with van der Waals surface area (Å²) in [6.45, 7) is -0.655. The van der Waals surface area contributed by atoms with Crippen LogP contribution in [0.5, 0.6) is 5.88 Å². The Balaban J connectivity index is 1.78. The van der Waals surface area contributed by atoms with Gasteiger partial charge in [0.25, 0.3) is 5.88 Å². The first kappa shape index (κ1) is 21.4. The van der Waals surface area contributed by atoms with Crippen molar-refractivity contribution in [2.75, 3.05) is 13.2 Å². The Labute approximate surface area is 173 Å². The monoisotopic (exact) mass is 508 g/mol. The van der Waals surface area contributed by atoms with Crippen LogP contribution in [0.2, 0.25) is 0 Å². The number of benzene rings is 1. The van der Waals surface area contributed by atoms with E-state index in [1.807, 2.05) is 4.72 Å². The first-order valence-electron chi connectivity index (χ1n) is 7.68. The lowest BCUT2D eigenvalue weighted by molar-refractivity contribution is 0.201. The van der Waals surface area contributed by atoms with Crippen molar-refractivity contribution in [2.45, 2.75) is 0 Å². The molecule has 0 aliphatic heterocycles.